The second-order valence-corrected chi connectivity index (χ2v) is 8.06. The van der Waals surface area contributed by atoms with Gasteiger partial charge in [-0.2, -0.15) is 5.10 Å². The van der Waals surface area contributed by atoms with Crippen molar-refractivity contribution in [1.29, 1.82) is 0 Å². The van der Waals surface area contributed by atoms with Crippen molar-refractivity contribution in [2.24, 2.45) is 0 Å². The smallest absolute Gasteiger partial charge is 0.256 e. The number of nitrogens with zero attached hydrogens (tertiary/aromatic N) is 2. The number of rotatable bonds is 7. The van der Waals surface area contributed by atoms with Crippen LogP contribution >= 0.6 is 35.0 Å². The summed E-state index contributed by atoms with van der Waals surface area (Å²) in [6, 6.07) is 13.6. The van der Waals surface area contributed by atoms with Crippen LogP contribution in [0.3, 0.4) is 0 Å². The number of thioether (sulfide) groups is 1. The van der Waals surface area contributed by atoms with E-state index >= 15 is 0 Å². The molecule has 0 atom stereocenters. The molecule has 0 bridgehead atoms. The molecular formula is C20H18Cl2FN3OS. The van der Waals surface area contributed by atoms with E-state index in [0.29, 0.717) is 35.1 Å². The lowest BCUT2D eigenvalue weighted by Gasteiger charge is -2.06. The molecule has 0 saturated carbocycles. The minimum atomic E-state index is -0.303. The standard InChI is InChI=1S/C20H18Cl2FN3OS/c1-13-18(19(22)26(25-13)12-14-2-6-16(23)7-3-14)20(27)24-10-11-28-17-8-4-15(21)5-9-17/h2-9H,10-12H2,1H3,(H,24,27). The van der Waals surface area contributed by atoms with Gasteiger partial charge in [-0.05, 0) is 48.9 Å². The highest BCUT2D eigenvalue weighted by Gasteiger charge is 2.20. The molecule has 8 heteroatoms. The van der Waals surface area contributed by atoms with E-state index in [1.54, 1.807) is 35.5 Å². The third-order valence-electron chi connectivity index (χ3n) is 4.01. The first kappa shape index (κ1) is 20.7. The Balaban J connectivity index is 1.58. The summed E-state index contributed by atoms with van der Waals surface area (Å²) in [5.41, 5.74) is 1.76. The summed E-state index contributed by atoms with van der Waals surface area (Å²) in [5.74, 6) is 0.154. The van der Waals surface area contributed by atoms with Crippen molar-refractivity contribution in [2.75, 3.05) is 12.3 Å². The van der Waals surface area contributed by atoms with Crippen LogP contribution < -0.4 is 5.32 Å². The maximum Gasteiger partial charge on any atom is 0.256 e. The number of aromatic nitrogens is 2. The van der Waals surface area contributed by atoms with Gasteiger partial charge in [0, 0.05) is 22.2 Å². The van der Waals surface area contributed by atoms with Crippen molar-refractivity contribution in [3.63, 3.8) is 0 Å². The van der Waals surface area contributed by atoms with Crippen LogP contribution in [-0.2, 0) is 6.54 Å². The molecule has 28 heavy (non-hydrogen) atoms. The lowest BCUT2D eigenvalue weighted by Crippen LogP contribution is -2.26. The van der Waals surface area contributed by atoms with E-state index in [4.69, 9.17) is 23.2 Å². The zero-order valence-electron chi connectivity index (χ0n) is 15.1. The van der Waals surface area contributed by atoms with E-state index in [0.717, 1.165) is 10.5 Å². The molecule has 1 amide bonds. The molecule has 3 rings (SSSR count). The van der Waals surface area contributed by atoms with Crippen molar-refractivity contribution in [3.8, 4) is 0 Å². The molecule has 0 fully saturated rings. The summed E-state index contributed by atoms with van der Waals surface area (Å²) in [6.45, 7) is 2.59. The highest BCUT2D eigenvalue weighted by atomic mass is 35.5. The van der Waals surface area contributed by atoms with Crippen LogP contribution in [0, 0.1) is 12.7 Å². The summed E-state index contributed by atoms with van der Waals surface area (Å²) < 4.78 is 14.6. The van der Waals surface area contributed by atoms with E-state index < -0.39 is 0 Å². The molecule has 146 valence electrons. The lowest BCUT2D eigenvalue weighted by molar-refractivity contribution is 0.0955. The fourth-order valence-corrected chi connectivity index (χ4v) is 3.85. The third kappa shape index (κ3) is 5.28. The van der Waals surface area contributed by atoms with E-state index in [-0.39, 0.29) is 16.9 Å². The van der Waals surface area contributed by atoms with Gasteiger partial charge in [-0.25, -0.2) is 9.07 Å². The molecule has 1 heterocycles. The highest BCUT2D eigenvalue weighted by Crippen LogP contribution is 2.22. The van der Waals surface area contributed by atoms with Crippen molar-refractivity contribution in [2.45, 2.75) is 18.4 Å². The predicted octanol–water partition coefficient (Wildman–Crippen LogP) is 5.21. The van der Waals surface area contributed by atoms with Crippen LogP contribution in [0.15, 0.2) is 53.4 Å². The van der Waals surface area contributed by atoms with Gasteiger partial charge in [0.25, 0.3) is 5.91 Å². The molecule has 4 nitrogen and oxygen atoms in total. The number of carbonyl (C=O) groups is 1. The number of halogens is 3. The topological polar surface area (TPSA) is 46.9 Å². The Hall–Kier alpha value is -2.02. The van der Waals surface area contributed by atoms with Gasteiger partial charge in [0.15, 0.2) is 0 Å². The predicted molar refractivity (Wildman–Crippen MR) is 112 cm³/mol. The van der Waals surface area contributed by atoms with Crippen LogP contribution in [0.1, 0.15) is 21.6 Å². The van der Waals surface area contributed by atoms with Crippen LogP contribution in [-0.4, -0.2) is 28.0 Å². The molecule has 0 saturated heterocycles. The first-order chi connectivity index (χ1) is 13.4. The van der Waals surface area contributed by atoms with Gasteiger partial charge in [0.05, 0.1) is 17.8 Å². The second-order valence-electron chi connectivity index (χ2n) is 6.09. The minimum absolute atomic E-state index is 0.260. The van der Waals surface area contributed by atoms with Crippen LogP contribution in [0.2, 0.25) is 10.2 Å². The summed E-state index contributed by atoms with van der Waals surface area (Å²) in [5, 5.41) is 8.18. The maximum absolute atomic E-state index is 13.0. The monoisotopic (exact) mass is 437 g/mol. The Kier molecular flexibility index (Phi) is 6.99. The van der Waals surface area contributed by atoms with Gasteiger partial charge >= 0.3 is 0 Å². The van der Waals surface area contributed by atoms with Crippen molar-refractivity contribution in [1.82, 2.24) is 15.1 Å². The average Bonchev–Trinajstić information content (AvgIpc) is 2.95. The zero-order valence-corrected chi connectivity index (χ0v) is 17.4. The third-order valence-corrected chi connectivity index (χ3v) is 5.66. The second kappa shape index (κ2) is 9.45. The maximum atomic E-state index is 13.0. The molecule has 1 aromatic heterocycles. The van der Waals surface area contributed by atoms with E-state index in [2.05, 4.69) is 10.4 Å². The number of aryl methyl sites for hydroxylation is 1. The summed E-state index contributed by atoms with van der Waals surface area (Å²) in [7, 11) is 0. The van der Waals surface area contributed by atoms with Gasteiger partial charge in [-0.15, -0.1) is 11.8 Å². The number of hydrogen-bond donors (Lipinski definition) is 1. The summed E-state index contributed by atoms with van der Waals surface area (Å²) >= 11 is 13.9. The number of amides is 1. The minimum Gasteiger partial charge on any atom is -0.351 e. The molecule has 1 N–H and O–H groups in total. The SMILES string of the molecule is Cc1nn(Cc2ccc(F)cc2)c(Cl)c1C(=O)NCCSc1ccc(Cl)cc1. The van der Waals surface area contributed by atoms with E-state index in [1.807, 2.05) is 24.3 Å². The fourth-order valence-electron chi connectivity index (χ4n) is 2.63. The Morgan fingerprint density at radius 2 is 1.82 bits per heavy atom. The zero-order chi connectivity index (χ0) is 20.1. The molecule has 0 spiro atoms. The lowest BCUT2D eigenvalue weighted by atomic mass is 10.2. The molecular weight excluding hydrogens is 420 g/mol. The number of nitrogens with one attached hydrogen (secondary N) is 1. The van der Waals surface area contributed by atoms with Gasteiger partial charge < -0.3 is 5.32 Å². The summed E-state index contributed by atoms with van der Waals surface area (Å²) in [6.07, 6.45) is 0. The Morgan fingerprint density at radius 1 is 1.14 bits per heavy atom. The molecule has 2 aromatic carbocycles. The average molecular weight is 438 g/mol. The number of hydrogen-bond acceptors (Lipinski definition) is 3. The quantitative estimate of drug-likeness (QED) is 0.407. The Bertz CT molecular complexity index is 959. The molecule has 0 aliphatic carbocycles. The number of benzene rings is 2. The van der Waals surface area contributed by atoms with Crippen LogP contribution in [0.4, 0.5) is 4.39 Å². The van der Waals surface area contributed by atoms with Gasteiger partial charge in [-0.1, -0.05) is 35.3 Å². The first-order valence-corrected chi connectivity index (χ1v) is 10.3. The Morgan fingerprint density at radius 3 is 2.50 bits per heavy atom. The Labute approximate surface area is 177 Å². The van der Waals surface area contributed by atoms with Gasteiger partial charge in [0.1, 0.15) is 11.0 Å². The van der Waals surface area contributed by atoms with Crippen molar-refractivity contribution < 1.29 is 9.18 Å². The molecule has 3 aromatic rings. The van der Waals surface area contributed by atoms with Crippen LogP contribution in [0.5, 0.6) is 0 Å². The normalized spacial score (nSPS) is 10.9. The largest absolute Gasteiger partial charge is 0.351 e. The van der Waals surface area contributed by atoms with Gasteiger partial charge in [0.2, 0.25) is 0 Å². The van der Waals surface area contributed by atoms with Crippen molar-refractivity contribution in [3.05, 3.63) is 81.3 Å². The molecule has 0 unspecified atom stereocenters. The fraction of sp³-hybridized carbons (Fsp3) is 0.200. The molecule has 0 radical (unpaired) electrons. The molecule has 0 aliphatic rings. The van der Waals surface area contributed by atoms with Crippen LogP contribution in [0.25, 0.3) is 0 Å². The first-order valence-electron chi connectivity index (χ1n) is 8.58. The number of carbonyl (C=O) groups excluding carboxylic acids is 1. The highest BCUT2D eigenvalue weighted by molar-refractivity contribution is 7.99. The van der Waals surface area contributed by atoms with Gasteiger partial charge in [-0.3, -0.25) is 4.79 Å². The van der Waals surface area contributed by atoms with E-state index in [9.17, 15) is 9.18 Å². The summed E-state index contributed by atoms with van der Waals surface area (Å²) in [4.78, 5) is 13.6. The molecule has 0 aliphatic heterocycles. The van der Waals surface area contributed by atoms with Crippen molar-refractivity contribution >= 4 is 40.9 Å². The van der Waals surface area contributed by atoms with E-state index in [1.165, 1.54) is 12.1 Å².